The number of rotatable bonds is 5. The van der Waals surface area contributed by atoms with Crippen LogP contribution >= 0.6 is 0 Å². The van der Waals surface area contributed by atoms with Gasteiger partial charge < -0.3 is 4.74 Å². The first-order chi connectivity index (χ1) is 14.4. The van der Waals surface area contributed by atoms with Gasteiger partial charge in [0.1, 0.15) is 12.3 Å². The van der Waals surface area contributed by atoms with Gasteiger partial charge in [0.05, 0.1) is 23.5 Å². The number of carbonyl (C=O) groups excluding carboxylic acids is 1. The lowest BCUT2D eigenvalue weighted by Crippen LogP contribution is -2.18. The predicted molar refractivity (Wildman–Crippen MR) is 113 cm³/mol. The van der Waals surface area contributed by atoms with Crippen molar-refractivity contribution in [1.29, 1.82) is 0 Å². The Morgan fingerprint density at radius 3 is 2.57 bits per heavy atom. The molecule has 4 aromatic rings. The molecule has 0 N–H and O–H groups in total. The lowest BCUT2D eigenvalue weighted by atomic mass is 10.1. The van der Waals surface area contributed by atoms with Gasteiger partial charge in [-0.25, -0.2) is 9.67 Å². The van der Waals surface area contributed by atoms with Gasteiger partial charge in [-0.15, -0.1) is 0 Å². The Hall–Kier alpha value is -3.74. The predicted octanol–water partition coefficient (Wildman–Crippen LogP) is 3.09. The van der Waals surface area contributed by atoms with Gasteiger partial charge in [0.25, 0.3) is 5.56 Å². The van der Waals surface area contributed by atoms with E-state index in [-0.39, 0.29) is 24.6 Å². The van der Waals surface area contributed by atoms with Gasteiger partial charge in [-0.2, -0.15) is 5.10 Å². The molecule has 152 valence electrons. The Kier molecular flexibility index (Phi) is 5.18. The lowest BCUT2D eigenvalue weighted by molar-refractivity contribution is -0.144. The smallest absolute Gasteiger partial charge is 0.310 e. The number of pyridine rings is 1. The topological polar surface area (TPSA) is 78.5 Å². The van der Waals surface area contributed by atoms with Crippen molar-refractivity contribution in [3.8, 4) is 5.69 Å². The molecule has 7 heteroatoms. The standard InChI is InChI=1S/C23H22N4O3/c1-15-8-7-11-21-24-18(12-22(28)26(15)21)14-30-23(29)13-20-16(2)25-27(17(20)3)19-9-5-4-6-10-19/h4-12H,13-14H2,1-3H3. The van der Waals surface area contributed by atoms with E-state index in [4.69, 9.17) is 4.74 Å². The second-order valence-electron chi connectivity index (χ2n) is 7.18. The van der Waals surface area contributed by atoms with Crippen LogP contribution in [0.15, 0.2) is 59.4 Å². The van der Waals surface area contributed by atoms with Crippen LogP contribution in [0, 0.1) is 20.8 Å². The highest BCUT2D eigenvalue weighted by atomic mass is 16.5. The van der Waals surface area contributed by atoms with Gasteiger partial charge in [-0.3, -0.25) is 14.0 Å². The van der Waals surface area contributed by atoms with Gasteiger partial charge in [0.2, 0.25) is 0 Å². The van der Waals surface area contributed by atoms with E-state index < -0.39 is 0 Å². The summed E-state index contributed by atoms with van der Waals surface area (Å²) in [6.07, 6.45) is 0.107. The average molecular weight is 402 g/mol. The zero-order chi connectivity index (χ0) is 21.3. The first-order valence-electron chi connectivity index (χ1n) is 9.68. The minimum Gasteiger partial charge on any atom is -0.459 e. The summed E-state index contributed by atoms with van der Waals surface area (Å²) in [4.78, 5) is 29.2. The monoisotopic (exact) mass is 402 g/mol. The van der Waals surface area contributed by atoms with Crippen LogP contribution in [0.25, 0.3) is 11.3 Å². The van der Waals surface area contributed by atoms with E-state index in [2.05, 4.69) is 10.1 Å². The van der Waals surface area contributed by atoms with Crippen LogP contribution in [0.5, 0.6) is 0 Å². The zero-order valence-electron chi connectivity index (χ0n) is 17.1. The highest BCUT2D eigenvalue weighted by Gasteiger charge is 2.17. The van der Waals surface area contributed by atoms with Gasteiger partial charge in [0, 0.05) is 23.0 Å². The van der Waals surface area contributed by atoms with Crippen molar-refractivity contribution >= 4 is 11.6 Å². The molecule has 0 fully saturated rings. The van der Waals surface area contributed by atoms with E-state index in [0.717, 1.165) is 28.3 Å². The minimum atomic E-state index is -0.389. The molecule has 0 amide bonds. The number of ether oxygens (including phenoxy) is 1. The van der Waals surface area contributed by atoms with E-state index in [0.29, 0.717) is 11.3 Å². The molecule has 0 aliphatic carbocycles. The SMILES string of the molecule is Cc1nn(-c2ccccc2)c(C)c1CC(=O)OCc1cc(=O)n2c(C)cccc2n1. The van der Waals surface area contributed by atoms with Crippen LogP contribution in [0.3, 0.4) is 0 Å². The number of esters is 1. The number of benzene rings is 1. The molecule has 1 aromatic carbocycles. The van der Waals surface area contributed by atoms with Crippen LogP contribution < -0.4 is 5.56 Å². The van der Waals surface area contributed by atoms with Crippen molar-refractivity contribution in [2.45, 2.75) is 33.8 Å². The highest BCUT2D eigenvalue weighted by Crippen LogP contribution is 2.19. The number of aryl methyl sites for hydroxylation is 2. The first kappa shape index (κ1) is 19.6. The molecule has 4 rings (SSSR count). The van der Waals surface area contributed by atoms with E-state index in [1.54, 1.807) is 6.07 Å². The maximum atomic E-state index is 12.5. The van der Waals surface area contributed by atoms with E-state index in [9.17, 15) is 9.59 Å². The molecule has 0 aliphatic heterocycles. The Labute approximate surface area is 173 Å². The maximum absolute atomic E-state index is 12.5. The molecule has 0 atom stereocenters. The van der Waals surface area contributed by atoms with E-state index in [1.165, 1.54) is 10.5 Å². The summed E-state index contributed by atoms with van der Waals surface area (Å²) >= 11 is 0. The Morgan fingerprint density at radius 2 is 1.80 bits per heavy atom. The molecule has 0 spiro atoms. The number of aromatic nitrogens is 4. The van der Waals surface area contributed by atoms with Crippen molar-refractivity contribution in [3.05, 3.63) is 93.3 Å². The second kappa shape index (κ2) is 7.94. The molecular formula is C23H22N4O3. The van der Waals surface area contributed by atoms with Crippen molar-refractivity contribution in [3.63, 3.8) is 0 Å². The third-order valence-corrected chi connectivity index (χ3v) is 5.08. The minimum absolute atomic E-state index is 0.0521. The molecule has 3 heterocycles. The Bertz CT molecular complexity index is 1290. The van der Waals surface area contributed by atoms with Crippen LogP contribution in [0.1, 0.15) is 28.3 Å². The third kappa shape index (κ3) is 3.74. The van der Waals surface area contributed by atoms with Gasteiger partial charge >= 0.3 is 5.97 Å². The lowest BCUT2D eigenvalue weighted by Gasteiger charge is -2.08. The number of hydrogen-bond donors (Lipinski definition) is 0. The average Bonchev–Trinajstić information content (AvgIpc) is 3.01. The molecule has 7 nitrogen and oxygen atoms in total. The number of carbonyl (C=O) groups is 1. The van der Waals surface area contributed by atoms with Crippen LogP contribution in [0.4, 0.5) is 0 Å². The molecule has 0 saturated heterocycles. The van der Waals surface area contributed by atoms with Crippen LogP contribution in [0.2, 0.25) is 0 Å². The third-order valence-electron chi connectivity index (χ3n) is 5.08. The summed E-state index contributed by atoms with van der Waals surface area (Å²) in [6.45, 7) is 5.60. The van der Waals surface area contributed by atoms with Crippen molar-refractivity contribution in [2.75, 3.05) is 0 Å². The molecule has 3 aromatic heterocycles. The summed E-state index contributed by atoms with van der Waals surface area (Å²) in [5, 5.41) is 4.56. The molecule has 30 heavy (non-hydrogen) atoms. The van der Waals surface area contributed by atoms with Gasteiger partial charge in [0.15, 0.2) is 0 Å². The summed E-state index contributed by atoms with van der Waals surface area (Å²) in [5.74, 6) is -0.389. The van der Waals surface area contributed by atoms with Crippen molar-refractivity contribution in [1.82, 2.24) is 19.2 Å². The van der Waals surface area contributed by atoms with Crippen molar-refractivity contribution in [2.24, 2.45) is 0 Å². The fourth-order valence-corrected chi connectivity index (χ4v) is 3.54. The molecule has 0 aliphatic rings. The molecular weight excluding hydrogens is 380 g/mol. The summed E-state index contributed by atoms with van der Waals surface area (Å²) < 4.78 is 8.75. The quantitative estimate of drug-likeness (QED) is 0.480. The second-order valence-corrected chi connectivity index (χ2v) is 7.18. The number of fused-ring (bicyclic) bond motifs is 1. The van der Waals surface area contributed by atoms with E-state index in [1.807, 2.05) is 67.9 Å². The fourth-order valence-electron chi connectivity index (χ4n) is 3.54. The van der Waals surface area contributed by atoms with Gasteiger partial charge in [-0.05, 0) is 45.0 Å². The Balaban J connectivity index is 1.49. The summed E-state index contributed by atoms with van der Waals surface area (Å²) in [5.41, 5.74) is 5.02. The van der Waals surface area contributed by atoms with E-state index >= 15 is 0 Å². The Morgan fingerprint density at radius 1 is 1.03 bits per heavy atom. The first-order valence-corrected chi connectivity index (χ1v) is 9.68. The zero-order valence-corrected chi connectivity index (χ0v) is 17.1. The summed E-state index contributed by atoms with van der Waals surface area (Å²) in [6, 6.07) is 16.6. The number of hydrogen-bond acceptors (Lipinski definition) is 5. The maximum Gasteiger partial charge on any atom is 0.310 e. The number of para-hydroxylation sites is 1. The molecule has 0 radical (unpaired) electrons. The normalized spacial score (nSPS) is 11.0. The number of nitrogens with zero attached hydrogens (tertiary/aromatic N) is 4. The fraction of sp³-hybridized carbons (Fsp3) is 0.217. The molecule has 0 unspecified atom stereocenters. The van der Waals surface area contributed by atoms with Crippen LogP contribution in [-0.4, -0.2) is 25.1 Å². The largest absolute Gasteiger partial charge is 0.459 e. The highest BCUT2D eigenvalue weighted by molar-refractivity contribution is 5.73. The van der Waals surface area contributed by atoms with Gasteiger partial charge in [-0.1, -0.05) is 24.3 Å². The molecule has 0 saturated carbocycles. The van der Waals surface area contributed by atoms with Crippen LogP contribution in [-0.2, 0) is 22.6 Å². The van der Waals surface area contributed by atoms with Crippen molar-refractivity contribution < 1.29 is 9.53 Å². The summed E-state index contributed by atoms with van der Waals surface area (Å²) in [7, 11) is 0. The molecule has 0 bridgehead atoms.